The minimum atomic E-state index is -0.894. The number of benzene rings is 4. The molecule has 2 aromatic heterocycles. The summed E-state index contributed by atoms with van der Waals surface area (Å²) in [6.45, 7) is 1.09. The summed E-state index contributed by atoms with van der Waals surface area (Å²) in [7, 11) is 2.55. The molecule has 0 spiro atoms. The van der Waals surface area contributed by atoms with E-state index < -0.39 is 24.3 Å². The minimum absolute atomic E-state index is 0.212. The summed E-state index contributed by atoms with van der Waals surface area (Å²) in [5, 5.41) is 13.1. The molecule has 60 heavy (non-hydrogen) atoms. The molecule has 0 unspecified atom stereocenters. The molecule has 6 aromatic rings. The molecule has 304 valence electrons. The lowest BCUT2D eigenvalue weighted by Crippen LogP contribution is -2.42. The smallest absolute Gasteiger partial charge is 0.407 e. The topological polar surface area (TPSA) is 175 Å². The Kier molecular flexibility index (Phi) is 11.6. The van der Waals surface area contributed by atoms with Crippen LogP contribution in [0.25, 0.3) is 22.3 Å². The predicted octanol–water partition coefficient (Wildman–Crippen LogP) is 6.87. The molecule has 2 saturated heterocycles. The molecule has 0 saturated carbocycles. The molecular weight excluding hydrogens is 761 g/mol. The number of aromatic nitrogens is 4. The number of hydrogen-bond donors (Lipinski definition) is 4. The van der Waals surface area contributed by atoms with E-state index in [4.69, 9.17) is 14.5 Å². The lowest BCUT2D eigenvalue weighted by Gasteiger charge is -2.28. The van der Waals surface area contributed by atoms with Crippen LogP contribution in [-0.2, 0) is 19.1 Å². The van der Waals surface area contributed by atoms with Crippen molar-refractivity contribution in [1.82, 2.24) is 40.6 Å². The van der Waals surface area contributed by atoms with E-state index in [0.29, 0.717) is 30.0 Å². The largest absolute Gasteiger partial charge is 0.453 e. The Bertz CT molecular complexity index is 2560. The average molecular weight is 805 g/mol. The molecule has 0 aliphatic carbocycles. The molecule has 8 rings (SSSR count). The highest BCUT2D eigenvalue weighted by Crippen LogP contribution is 2.36. The molecule has 0 bridgehead atoms. The first-order valence-corrected chi connectivity index (χ1v) is 19.9. The number of nitrogens with zero attached hydrogens (tertiary/aromatic N) is 4. The summed E-state index contributed by atoms with van der Waals surface area (Å²) in [6, 6.07) is 31.6. The van der Waals surface area contributed by atoms with Crippen molar-refractivity contribution in [3.8, 4) is 23.1 Å². The summed E-state index contributed by atoms with van der Waals surface area (Å²) in [5.74, 6) is 6.75. The van der Waals surface area contributed by atoms with Gasteiger partial charge in [-0.25, -0.2) is 14.6 Å². The molecule has 4 N–H and O–H groups in total. The number of methoxy groups -OCH3 is 2. The third kappa shape index (κ3) is 8.42. The normalized spacial score (nSPS) is 17.0. The maximum atomic E-state index is 13.9. The van der Waals surface area contributed by atoms with Crippen molar-refractivity contribution in [2.75, 3.05) is 27.3 Å². The summed E-state index contributed by atoms with van der Waals surface area (Å²) < 4.78 is 9.65. The number of likely N-dealkylation sites (tertiary alicyclic amines) is 2. The van der Waals surface area contributed by atoms with E-state index in [0.717, 1.165) is 64.8 Å². The Morgan fingerprint density at radius 3 is 1.85 bits per heavy atom. The molecule has 2 aliphatic heterocycles. The number of nitrogens with one attached hydrogen (secondary N) is 4. The van der Waals surface area contributed by atoms with Crippen LogP contribution in [0.15, 0.2) is 109 Å². The fourth-order valence-electron chi connectivity index (χ4n) is 8.01. The molecule has 4 amide bonds. The highest BCUT2D eigenvalue weighted by atomic mass is 16.5. The van der Waals surface area contributed by atoms with Crippen LogP contribution in [0.1, 0.15) is 83.6 Å². The number of H-pyrrole nitrogens is 2. The Morgan fingerprint density at radius 2 is 1.25 bits per heavy atom. The second-order valence-electron chi connectivity index (χ2n) is 14.7. The first kappa shape index (κ1) is 39.4. The van der Waals surface area contributed by atoms with E-state index in [9.17, 15) is 19.2 Å². The van der Waals surface area contributed by atoms with Gasteiger partial charge in [-0.2, -0.15) is 5.10 Å². The van der Waals surface area contributed by atoms with E-state index in [2.05, 4.69) is 37.7 Å². The summed E-state index contributed by atoms with van der Waals surface area (Å²) in [5.41, 5.74) is 7.00. The molecule has 0 radical (unpaired) electrons. The first-order chi connectivity index (χ1) is 29.3. The van der Waals surface area contributed by atoms with Crippen molar-refractivity contribution in [1.29, 1.82) is 0 Å². The van der Waals surface area contributed by atoms with E-state index in [-0.39, 0.29) is 23.9 Å². The molecule has 14 nitrogen and oxygen atoms in total. The van der Waals surface area contributed by atoms with Crippen LogP contribution in [0, 0.1) is 11.8 Å². The van der Waals surface area contributed by atoms with Gasteiger partial charge in [0.1, 0.15) is 17.9 Å². The van der Waals surface area contributed by atoms with E-state index in [1.54, 1.807) is 9.80 Å². The van der Waals surface area contributed by atoms with Crippen molar-refractivity contribution in [2.45, 2.75) is 49.9 Å². The SMILES string of the molecule is COC(=O)N[C@@H](C(=O)N1CCC[C@H]1c1cc(-c2ccc(C#Cc3ccc4[nH]c([C@@H]5CCCN5C(=O)[C@H](NC(=O)OC)c5ccccc5)nc4c3)cc2)n[nH]1)c1ccccc1. The predicted molar refractivity (Wildman–Crippen MR) is 223 cm³/mol. The van der Waals surface area contributed by atoms with Gasteiger partial charge in [0, 0.05) is 29.8 Å². The Hall–Kier alpha value is -7.40. The zero-order valence-corrected chi connectivity index (χ0v) is 33.2. The van der Waals surface area contributed by atoms with E-state index in [1.807, 2.05) is 109 Å². The highest BCUT2D eigenvalue weighted by molar-refractivity contribution is 5.88. The van der Waals surface area contributed by atoms with Gasteiger partial charge in [-0.3, -0.25) is 14.7 Å². The maximum absolute atomic E-state index is 13.9. The number of rotatable bonds is 9. The molecule has 2 fully saturated rings. The second kappa shape index (κ2) is 17.6. The van der Waals surface area contributed by atoms with Crippen molar-refractivity contribution in [3.05, 3.63) is 143 Å². The molecule has 4 aromatic carbocycles. The van der Waals surface area contributed by atoms with Gasteiger partial charge in [0.25, 0.3) is 5.91 Å². The molecule has 2 aliphatic rings. The third-order valence-electron chi connectivity index (χ3n) is 11.0. The molecule has 4 atom stereocenters. The van der Waals surface area contributed by atoms with E-state index in [1.165, 1.54) is 14.2 Å². The van der Waals surface area contributed by atoms with Crippen LogP contribution in [0.5, 0.6) is 0 Å². The van der Waals surface area contributed by atoms with Gasteiger partial charge in [-0.05, 0) is 73.2 Å². The summed E-state index contributed by atoms with van der Waals surface area (Å²) in [4.78, 5) is 64.1. The van der Waals surface area contributed by atoms with Crippen LogP contribution in [0.4, 0.5) is 9.59 Å². The van der Waals surface area contributed by atoms with Crippen molar-refractivity contribution >= 4 is 35.0 Å². The van der Waals surface area contributed by atoms with Crippen molar-refractivity contribution in [3.63, 3.8) is 0 Å². The van der Waals surface area contributed by atoms with Crippen LogP contribution in [0.2, 0.25) is 0 Å². The Morgan fingerprint density at radius 1 is 0.700 bits per heavy atom. The number of imidazole rings is 1. The number of alkyl carbamates (subject to hydrolysis) is 2. The molecule has 14 heteroatoms. The van der Waals surface area contributed by atoms with E-state index >= 15 is 0 Å². The average Bonchev–Trinajstić information content (AvgIpc) is 4.13. The van der Waals surface area contributed by atoms with Gasteiger partial charge in [-0.1, -0.05) is 84.6 Å². The molecule has 4 heterocycles. The number of ether oxygens (including phenoxy) is 2. The number of carbonyl (C=O) groups excluding carboxylic acids is 4. The van der Waals surface area contributed by atoms with Gasteiger partial charge in [0.05, 0.1) is 48.7 Å². The fourth-order valence-corrected chi connectivity index (χ4v) is 8.01. The van der Waals surface area contributed by atoms with Crippen LogP contribution in [-0.4, -0.2) is 81.3 Å². The maximum Gasteiger partial charge on any atom is 0.407 e. The van der Waals surface area contributed by atoms with Crippen LogP contribution >= 0.6 is 0 Å². The zero-order valence-electron chi connectivity index (χ0n) is 33.2. The van der Waals surface area contributed by atoms with Gasteiger partial charge < -0.3 is 34.9 Å². The lowest BCUT2D eigenvalue weighted by atomic mass is 10.0. The summed E-state index contributed by atoms with van der Waals surface area (Å²) >= 11 is 0. The zero-order chi connectivity index (χ0) is 41.6. The quantitative estimate of drug-likeness (QED) is 0.115. The number of fused-ring (bicyclic) bond motifs is 1. The third-order valence-corrected chi connectivity index (χ3v) is 11.0. The fraction of sp³-hybridized carbons (Fsp3) is 0.261. The van der Waals surface area contributed by atoms with Gasteiger partial charge >= 0.3 is 12.2 Å². The highest BCUT2D eigenvalue weighted by Gasteiger charge is 2.38. The van der Waals surface area contributed by atoms with Crippen LogP contribution < -0.4 is 10.6 Å². The second-order valence-corrected chi connectivity index (χ2v) is 14.7. The minimum Gasteiger partial charge on any atom is -0.453 e. The monoisotopic (exact) mass is 804 g/mol. The van der Waals surface area contributed by atoms with Crippen molar-refractivity contribution in [2.24, 2.45) is 0 Å². The number of aromatic amines is 2. The van der Waals surface area contributed by atoms with Gasteiger partial charge in [0.2, 0.25) is 5.91 Å². The Labute approximate surface area is 346 Å². The lowest BCUT2D eigenvalue weighted by molar-refractivity contribution is -0.135. The standard InChI is InChI=1S/C46H44N8O6/c1-59-45(57)49-40(32-11-5-3-6-12-32)43(55)53-25-9-15-38(53)37-28-35(51-52-37)31-22-19-29(20-23-31)17-18-30-21-24-34-36(27-30)48-42(47-34)39-16-10-26-54(39)44(56)41(50-46(58)60-2)33-13-7-4-8-14-33/h3-8,11-14,19-24,27-28,38-41H,9-10,15-16,25-26H2,1-2H3,(H,47,48)(H,49,57)(H,50,58)(H,51,52)/t38-,39-,40+,41+/m0/s1. The number of hydrogen-bond acceptors (Lipinski definition) is 8. The van der Waals surface area contributed by atoms with Crippen molar-refractivity contribution < 1.29 is 28.7 Å². The van der Waals surface area contributed by atoms with Crippen LogP contribution in [0.3, 0.4) is 0 Å². The number of amides is 4. The Balaban J connectivity index is 0.941. The van der Waals surface area contributed by atoms with Gasteiger partial charge in [-0.15, -0.1) is 0 Å². The summed E-state index contributed by atoms with van der Waals surface area (Å²) in [6.07, 6.45) is 1.76. The first-order valence-electron chi connectivity index (χ1n) is 19.9. The molecular formula is C46H44N8O6. The number of carbonyl (C=O) groups is 4. The van der Waals surface area contributed by atoms with Gasteiger partial charge in [0.15, 0.2) is 0 Å².